The zero-order valence-corrected chi connectivity index (χ0v) is 11.1. The highest BCUT2D eigenvalue weighted by atomic mass is 32.1. The van der Waals surface area contributed by atoms with E-state index in [1.807, 2.05) is 32.3 Å². The molecule has 0 aliphatic rings. The first-order valence-electron chi connectivity index (χ1n) is 5.45. The summed E-state index contributed by atoms with van der Waals surface area (Å²) in [6.45, 7) is 8.53. The monoisotopic (exact) mass is 238 g/mol. The lowest BCUT2D eigenvalue weighted by Crippen LogP contribution is -2.16. The van der Waals surface area contributed by atoms with Crippen molar-refractivity contribution in [3.8, 4) is 6.07 Å². The molecule has 0 fully saturated rings. The van der Waals surface area contributed by atoms with Gasteiger partial charge in [0, 0.05) is 17.1 Å². The van der Waals surface area contributed by atoms with Gasteiger partial charge in [0.05, 0.1) is 11.5 Å². The van der Waals surface area contributed by atoms with Crippen molar-refractivity contribution in [1.82, 2.24) is 4.57 Å². The Morgan fingerprint density at radius 2 is 2.06 bits per heavy atom. The van der Waals surface area contributed by atoms with Crippen molar-refractivity contribution in [2.75, 3.05) is 0 Å². The van der Waals surface area contributed by atoms with Crippen LogP contribution < -0.4 is 4.87 Å². The van der Waals surface area contributed by atoms with Crippen LogP contribution in [0, 0.1) is 30.6 Å². The van der Waals surface area contributed by atoms with E-state index in [1.54, 1.807) is 0 Å². The van der Waals surface area contributed by atoms with Gasteiger partial charge in [-0.2, -0.15) is 5.26 Å². The maximum Gasteiger partial charge on any atom is 0.307 e. The zero-order chi connectivity index (χ0) is 12.3. The molecule has 1 heterocycles. The number of hydrogen-bond donors (Lipinski definition) is 0. The van der Waals surface area contributed by atoms with E-state index in [9.17, 15) is 4.79 Å². The molecule has 1 aromatic heterocycles. The van der Waals surface area contributed by atoms with Crippen LogP contribution in [0.5, 0.6) is 0 Å². The van der Waals surface area contributed by atoms with Crippen LogP contribution in [0.1, 0.15) is 37.3 Å². The number of nitriles is 1. The third kappa shape index (κ3) is 2.96. The molecule has 0 N–H and O–H groups in total. The van der Waals surface area contributed by atoms with Gasteiger partial charge >= 0.3 is 4.87 Å². The average Bonchev–Trinajstić information content (AvgIpc) is 2.44. The SMILES string of the molecule is Cc1sc(=O)n(CCCC(C)(C)C#N)c1C. The summed E-state index contributed by atoms with van der Waals surface area (Å²) in [6, 6.07) is 2.28. The normalized spacial score (nSPS) is 11.4. The number of rotatable bonds is 4. The molecule has 0 amide bonds. The highest BCUT2D eigenvalue weighted by Gasteiger charge is 2.16. The fourth-order valence-electron chi connectivity index (χ4n) is 1.58. The number of aromatic nitrogens is 1. The molecule has 0 atom stereocenters. The molecule has 1 rings (SSSR count). The summed E-state index contributed by atoms with van der Waals surface area (Å²) in [7, 11) is 0. The average molecular weight is 238 g/mol. The van der Waals surface area contributed by atoms with Gasteiger partial charge in [-0.1, -0.05) is 11.3 Å². The zero-order valence-electron chi connectivity index (χ0n) is 10.3. The van der Waals surface area contributed by atoms with Crippen molar-refractivity contribution < 1.29 is 0 Å². The summed E-state index contributed by atoms with van der Waals surface area (Å²) < 4.78 is 1.81. The van der Waals surface area contributed by atoms with Gasteiger partial charge in [-0.3, -0.25) is 4.79 Å². The van der Waals surface area contributed by atoms with Crippen LogP contribution in [0.4, 0.5) is 0 Å². The quantitative estimate of drug-likeness (QED) is 0.809. The molecule has 0 radical (unpaired) electrons. The third-order valence-electron chi connectivity index (χ3n) is 2.86. The fourth-order valence-corrected chi connectivity index (χ4v) is 2.44. The maximum absolute atomic E-state index is 11.6. The van der Waals surface area contributed by atoms with Gasteiger partial charge in [0.1, 0.15) is 0 Å². The van der Waals surface area contributed by atoms with E-state index in [0.717, 1.165) is 30.0 Å². The molecule has 0 bridgehead atoms. The molecule has 1 aromatic rings. The van der Waals surface area contributed by atoms with Gasteiger partial charge < -0.3 is 4.57 Å². The van der Waals surface area contributed by atoms with Crippen molar-refractivity contribution in [2.45, 2.75) is 47.1 Å². The first-order valence-corrected chi connectivity index (χ1v) is 6.27. The number of thiazole rings is 1. The fraction of sp³-hybridized carbons (Fsp3) is 0.667. The van der Waals surface area contributed by atoms with E-state index in [0.29, 0.717) is 0 Å². The minimum atomic E-state index is -0.289. The second kappa shape index (κ2) is 4.84. The van der Waals surface area contributed by atoms with Gasteiger partial charge in [-0.25, -0.2) is 0 Å². The first kappa shape index (κ1) is 13.0. The van der Waals surface area contributed by atoms with E-state index in [-0.39, 0.29) is 10.3 Å². The van der Waals surface area contributed by atoms with Crippen molar-refractivity contribution >= 4 is 11.3 Å². The second-order valence-electron chi connectivity index (χ2n) is 4.76. The molecule has 0 spiro atoms. The van der Waals surface area contributed by atoms with Crippen LogP contribution >= 0.6 is 11.3 Å². The van der Waals surface area contributed by atoms with Crippen LogP contribution in [0.25, 0.3) is 0 Å². The van der Waals surface area contributed by atoms with Gasteiger partial charge in [0.15, 0.2) is 0 Å². The van der Waals surface area contributed by atoms with Crippen LogP contribution in [-0.2, 0) is 6.54 Å². The van der Waals surface area contributed by atoms with Gasteiger partial charge in [0.25, 0.3) is 0 Å². The van der Waals surface area contributed by atoms with E-state index in [4.69, 9.17) is 5.26 Å². The van der Waals surface area contributed by atoms with Crippen molar-refractivity contribution in [3.63, 3.8) is 0 Å². The van der Waals surface area contributed by atoms with E-state index < -0.39 is 0 Å². The minimum absolute atomic E-state index is 0.116. The molecular weight excluding hydrogens is 220 g/mol. The van der Waals surface area contributed by atoms with Crippen molar-refractivity contribution in [1.29, 1.82) is 5.26 Å². The number of hydrogen-bond acceptors (Lipinski definition) is 3. The van der Waals surface area contributed by atoms with Crippen LogP contribution in [0.3, 0.4) is 0 Å². The predicted octanol–water partition coefficient (Wildman–Crippen LogP) is 2.86. The summed E-state index contributed by atoms with van der Waals surface area (Å²) in [5, 5.41) is 8.89. The van der Waals surface area contributed by atoms with Crippen molar-refractivity contribution in [3.05, 3.63) is 20.2 Å². The standard InChI is InChI=1S/C12H18N2OS/c1-9-10(2)16-11(15)14(9)7-5-6-12(3,4)8-13/h5-7H2,1-4H3. The Bertz CT molecular complexity index is 462. The molecular formula is C12H18N2OS. The van der Waals surface area contributed by atoms with Crippen LogP contribution in [0.2, 0.25) is 0 Å². The maximum atomic E-state index is 11.6. The lowest BCUT2D eigenvalue weighted by molar-refractivity contribution is 0.413. The molecule has 16 heavy (non-hydrogen) atoms. The van der Waals surface area contributed by atoms with Crippen LogP contribution in [-0.4, -0.2) is 4.57 Å². The summed E-state index contributed by atoms with van der Waals surface area (Å²) >= 11 is 1.30. The molecule has 0 aliphatic heterocycles. The summed E-state index contributed by atoms with van der Waals surface area (Å²) in [4.78, 5) is 12.8. The van der Waals surface area contributed by atoms with E-state index in [2.05, 4.69) is 6.07 Å². The Kier molecular flexibility index (Phi) is 3.93. The molecule has 4 heteroatoms. The largest absolute Gasteiger partial charge is 0.307 e. The van der Waals surface area contributed by atoms with Gasteiger partial charge in [-0.05, 0) is 40.5 Å². The first-order chi connectivity index (χ1) is 7.37. The predicted molar refractivity (Wildman–Crippen MR) is 66.7 cm³/mol. The molecule has 88 valence electrons. The topological polar surface area (TPSA) is 45.8 Å². The smallest absolute Gasteiger partial charge is 0.303 e. The molecule has 0 saturated carbocycles. The lowest BCUT2D eigenvalue weighted by Gasteiger charge is -2.14. The minimum Gasteiger partial charge on any atom is -0.303 e. The third-order valence-corrected chi connectivity index (χ3v) is 3.86. The van der Waals surface area contributed by atoms with E-state index >= 15 is 0 Å². The molecule has 3 nitrogen and oxygen atoms in total. The highest BCUT2D eigenvalue weighted by Crippen LogP contribution is 2.21. The van der Waals surface area contributed by atoms with Gasteiger partial charge in [-0.15, -0.1) is 0 Å². The van der Waals surface area contributed by atoms with Gasteiger partial charge in [0.2, 0.25) is 0 Å². The molecule has 0 aliphatic carbocycles. The highest BCUT2D eigenvalue weighted by molar-refractivity contribution is 7.09. The molecule has 0 unspecified atom stereocenters. The number of nitrogens with zero attached hydrogens (tertiary/aromatic N) is 2. The molecule has 0 saturated heterocycles. The summed E-state index contributed by atoms with van der Waals surface area (Å²) in [6.07, 6.45) is 1.70. The Hall–Kier alpha value is -1.08. The second-order valence-corrected chi connectivity index (χ2v) is 5.93. The Morgan fingerprint density at radius 3 is 2.50 bits per heavy atom. The summed E-state index contributed by atoms with van der Waals surface area (Å²) in [5.74, 6) is 0. The summed E-state index contributed by atoms with van der Waals surface area (Å²) in [5.41, 5.74) is 0.771. The lowest BCUT2D eigenvalue weighted by atomic mass is 9.90. The van der Waals surface area contributed by atoms with Crippen molar-refractivity contribution in [2.24, 2.45) is 5.41 Å². The number of aryl methyl sites for hydroxylation is 1. The Labute approximate surface area is 100 Å². The Morgan fingerprint density at radius 1 is 1.44 bits per heavy atom. The van der Waals surface area contributed by atoms with E-state index in [1.165, 1.54) is 11.3 Å². The Balaban J connectivity index is 2.63. The van der Waals surface area contributed by atoms with Crippen LogP contribution in [0.15, 0.2) is 4.79 Å². The molecule has 0 aromatic carbocycles.